The molecule has 0 radical (unpaired) electrons. The number of azo groups is 1. The number of anilines is 4. The average Bonchev–Trinajstić information content (AvgIpc) is 3.48. The summed E-state index contributed by atoms with van der Waals surface area (Å²) in [5.74, 6) is 1.64. The summed E-state index contributed by atoms with van der Waals surface area (Å²) in [6.07, 6.45) is 6.25. The Morgan fingerprint density at radius 2 is 1.81 bits per heavy atom. The molecule has 0 aliphatic rings. The zero-order valence-corrected chi connectivity index (χ0v) is 17.2. The van der Waals surface area contributed by atoms with Crippen LogP contribution in [0, 0.1) is 11.3 Å². The third-order valence-electron chi connectivity index (χ3n) is 3.85. The zero-order chi connectivity index (χ0) is 21.6. The van der Waals surface area contributed by atoms with Crippen LogP contribution in [-0.2, 0) is 0 Å². The molecule has 0 atom stereocenters. The van der Waals surface area contributed by atoms with Gasteiger partial charge in [0.05, 0.1) is 6.20 Å². The van der Waals surface area contributed by atoms with Crippen LogP contribution in [0.3, 0.4) is 0 Å². The number of aromatic nitrogens is 7. The summed E-state index contributed by atoms with van der Waals surface area (Å²) < 4.78 is 1.45. The molecule has 4 rings (SSSR count). The standard InChI is InChI=1S/C17H15N13S/c1-19-12-11(13(26-15(20-2)25-12)27-16-21-4-3-5-22-16)28-29-14-10(8-18)9-24-30(14)17-23-6-7-31-17/h3-7,9H,1-2H3,(H3,19,20,21,22,25,26,27)/b29-28+. The van der Waals surface area contributed by atoms with Crippen LogP contribution in [0.15, 0.2) is 46.5 Å². The third-order valence-corrected chi connectivity index (χ3v) is 4.60. The Morgan fingerprint density at radius 3 is 2.48 bits per heavy atom. The Balaban J connectivity index is 1.81. The molecule has 0 aliphatic carbocycles. The molecule has 4 aromatic heterocycles. The summed E-state index contributed by atoms with van der Waals surface area (Å²) in [6, 6.07) is 3.76. The van der Waals surface area contributed by atoms with Crippen LogP contribution in [0.4, 0.5) is 35.0 Å². The lowest BCUT2D eigenvalue weighted by Gasteiger charge is -2.11. The van der Waals surface area contributed by atoms with E-state index in [-0.39, 0.29) is 11.4 Å². The molecule has 4 heterocycles. The Kier molecular flexibility index (Phi) is 5.67. The van der Waals surface area contributed by atoms with Crippen LogP contribution in [0.25, 0.3) is 5.13 Å². The maximum Gasteiger partial charge on any atom is 0.228 e. The lowest BCUT2D eigenvalue weighted by Crippen LogP contribution is -2.06. The zero-order valence-electron chi connectivity index (χ0n) is 16.3. The molecule has 0 bridgehead atoms. The van der Waals surface area contributed by atoms with Gasteiger partial charge in [-0.1, -0.05) is 0 Å². The molecule has 31 heavy (non-hydrogen) atoms. The Labute approximate surface area is 180 Å². The lowest BCUT2D eigenvalue weighted by molar-refractivity contribution is 0.860. The maximum absolute atomic E-state index is 9.45. The van der Waals surface area contributed by atoms with E-state index in [1.165, 1.54) is 22.2 Å². The molecule has 13 nitrogen and oxygen atoms in total. The van der Waals surface area contributed by atoms with Crippen LogP contribution in [0.5, 0.6) is 0 Å². The summed E-state index contributed by atoms with van der Waals surface area (Å²) in [5, 5.41) is 33.5. The van der Waals surface area contributed by atoms with Crippen molar-refractivity contribution in [3.05, 3.63) is 41.8 Å². The molecule has 154 valence electrons. The molecule has 0 spiro atoms. The van der Waals surface area contributed by atoms with Gasteiger partial charge in [-0.05, 0) is 6.07 Å². The van der Waals surface area contributed by atoms with Crippen molar-refractivity contribution in [2.24, 2.45) is 10.2 Å². The Morgan fingerprint density at radius 1 is 1.00 bits per heavy atom. The van der Waals surface area contributed by atoms with Crippen LogP contribution >= 0.6 is 11.3 Å². The molecule has 14 heteroatoms. The van der Waals surface area contributed by atoms with Crippen molar-refractivity contribution in [2.45, 2.75) is 0 Å². The van der Waals surface area contributed by atoms with Gasteiger partial charge < -0.3 is 16.0 Å². The van der Waals surface area contributed by atoms with E-state index in [4.69, 9.17) is 0 Å². The van der Waals surface area contributed by atoms with Gasteiger partial charge in [0.2, 0.25) is 17.0 Å². The maximum atomic E-state index is 9.45. The number of nitrogens with one attached hydrogen (secondary N) is 3. The summed E-state index contributed by atoms with van der Waals surface area (Å²) >= 11 is 1.36. The Bertz CT molecular complexity index is 1240. The van der Waals surface area contributed by atoms with E-state index in [1.54, 1.807) is 44.1 Å². The van der Waals surface area contributed by atoms with Gasteiger partial charge >= 0.3 is 0 Å². The molecule has 3 N–H and O–H groups in total. The monoisotopic (exact) mass is 433 g/mol. The van der Waals surface area contributed by atoms with E-state index in [0.29, 0.717) is 34.4 Å². The number of hydrogen-bond donors (Lipinski definition) is 3. The van der Waals surface area contributed by atoms with Crippen LogP contribution in [-0.4, -0.2) is 48.8 Å². The highest BCUT2D eigenvalue weighted by Gasteiger charge is 2.17. The van der Waals surface area contributed by atoms with Gasteiger partial charge in [0.25, 0.3) is 0 Å². The minimum absolute atomic E-state index is 0.235. The minimum Gasteiger partial charge on any atom is -0.371 e. The molecule has 4 aromatic rings. The largest absolute Gasteiger partial charge is 0.371 e. The lowest BCUT2D eigenvalue weighted by atomic mass is 10.4. The fourth-order valence-electron chi connectivity index (χ4n) is 2.47. The predicted molar refractivity (Wildman–Crippen MR) is 115 cm³/mol. The number of nitriles is 1. The summed E-state index contributed by atoms with van der Waals surface area (Å²) in [6.45, 7) is 0. The van der Waals surface area contributed by atoms with Gasteiger partial charge in [0.15, 0.2) is 23.1 Å². The second kappa shape index (κ2) is 8.88. The number of hydrogen-bond acceptors (Lipinski definition) is 13. The first-order chi connectivity index (χ1) is 15.2. The van der Waals surface area contributed by atoms with E-state index in [0.717, 1.165) is 0 Å². The second-order valence-corrected chi connectivity index (χ2v) is 6.58. The third kappa shape index (κ3) is 4.11. The fraction of sp³-hybridized carbons (Fsp3) is 0.118. The van der Waals surface area contributed by atoms with Crippen LogP contribution in [0.1, 0.15) is 5.56 Å². The van der Waals surface area contributed by atoms with Gasteiger partial charge in [-0.25, -0.2) is 15.0 Å². The Hall–Kier alpha value is -4.51. The van der Waals surface area contributed by atoms with Gasteiger partial charge in [-0.2, -0.15) is 25.0 Å². The molecule has 0 aromatic carbocycles. The van der Waals surface area contributed by atoms with Crippen molar-refractivity contribution >= 4 is 46.4 Å². The van der Waals surface area contributed by atoms with E-state index in [2.05, 4.69) is 62.3 Å². The second-order valence-electron chi connectivity index (χ2n) is 5.71. The van der Waals surface area contributed by atoms with Crippen molar-refractivity contribution < 1.29 is 0 Å². The van der Waals surface area contributed by atoms with Crippen molar-refractivity contribution in [2.75, 3.05) is 30.0 Å². The van der Waals surface area contributed by atoms with E-state index >= 15 is 0 Å². The number of rotatable bonds is 7. The molecule has 0 saturated heterocycles. The summed E-state index contributed by atoms with van der Waals surface area (Å²) in [5.41, 5.74) is 0.545. The summed E-state index contributed by atoms with van der Waals surface area (Å²) in [7, 11) is 3.40. The van der Waals surface area contributed by atoms with Gasteiger partial charge in [0.1, 0.15) is 11.6 Å². The van der Waals surface area contributed by atoms with Gasteiger partial charge in [0, 0.05) is 38.1 Å². The average molecular weight is 433 g/mol. The van der Waals surface area contributed by atoms with Crippen molar-refractivity contribution in [1.29, 1.82) is 5.26 Å². The van der Waals surface area contributed by atoms with E-state index < -0.39 is 0 Å². The van der Waals surface area contributed by atoms with Gasteiger partial charge in [-0.3, -0.25) is 0 Å². The van der Waals surface area contributed by atoms with Crippen LogP contribution in [0.2, 0.25) is 0 Å². The fourth-order valence-corrected chi connectivity index (χ4v) is 3.07. The minimum atomic E-state index is 0.235. The molecule has 0 amide bonds. The molecular formula is C17H15N13S. The quantitative estimate of drug-likeness (QED) is 0.368. The topological polar surface area (TPSA) is 167 Å². The predicted octanol–water partition coefficient (Wildman–Crippen LogP) is 3.02. The van der Waals surface area contributed by atoms with Crippen molar-refractivity contribution in [1.82, 2.24) is 34.7 Å². The van der Waals surface area contributed by atoms with Crippen molar-refractivity contribution in [3.63, 3.8) is 0 Å². The first-order valence-electron chi connectivity index (χ1n) is 8.84. The first kappa shape index (κ1) is 19.8. The van der Waals surface area contributed by atoms with Crippen LogP contribution < -0.4 is 16.0 Å². The summed E-state index contributed by atoms with van der Waals surface area (Å²) in [4.78, 5) is 21.3. The smallest absolute Gasteiger partial charge is 0.228 e. The number of nitrogens with zero attached hydrogens (tertiary/aromatic N) is 10. The number of thiazole rings is 1. The SMILES string of the molecule is CNc1nc(NC)c(/N=N/c2c(C#N)cnn2-c2nccs2)c(Nc2ncccn2)n1. The highest BCUT2D eigenvalue weighted by atomic mass is 32.1. The highest BCUT2D eigenvalue weighted by molar-refractivity contribution is 7.12. The highest BCUT2D eigenvalue weighted by Crippen LogP contribution is 2.35. The molecule has 0 saturated carbocycles. The van der Waals surface area contributed by atoms with E-state index in [1.807, 2.05) is 0 Å². The molecular weight excluding hydrogens is 418 g/mol. The molecule has 0 unspecified atom stereocenters. The van der Waals surface area contributed by atoms with E-state index in [9.17, 15) is 5.26 Å². The molecule has 0 fully saturated rings. The molecule has 0 aliphatic heterocycles. The normalized spacial score (nSPS) is 10.7. The first-order valence-corrected chi connectivity index (χ1v) is 9.72. The van der Waals surface area contributed by atoms with Crippen molar-refractivity contribution in [3.8, 4) is 11.2 Å². The van der Waals surface area contributed by atoms with Gasteiger partial charge in [-0.15, -0.1) is 21.6 Å².